The highest BCUT2D eigenvalue weighted by molar-refractivity contribution is 5.62. The normalized spacial score (nSPS) is 14.7. The Balaban J connectivity index is 1.79. The summed E-state index contributed by atoms with van der Waals surface area (Å²) in [5.41, 5.74) is 11.0. The molecule has 7 heteroatoms. The van der Waals surface area contributed by atoms with Crippen LogP contribution in [-0.2, 0) is 0 Å². The molecule has 162 valence electrons. The third-order valence-electron chi connectivity index (χ3n) is 4.81. The lowest BCUT2D eigenvalue weighted by atomic mass is 9.99. The fourth-order valence-electron chi connectivity index (χ4n) is 3.22. The highest BCUT2D eigenvalue weighted by Gasteiger charge is 2.12. The molecule has 0 atom stereocenters. The van der Waals surface area contributed by atoms with Crippen LogP contribution in [-0.4, -0.2) is 18.0 Å². The van der Waals surface area contributed by atoms with Gasteiger partial charge in [0.25, 0.3) is 5.69 Å². The van der Waals surface area contributed by atoms with Crippen LogP contribution < -0.4 is 10.6 Å². The summed E-state index contributed by atoms with van der Waals surface area (Å²) in [6.45, 7) is 9.05. The molecule has 0 aliphatic heterocycles. The summed E-state index contributed by atoms with van der Waals surface area (Å²) in [6.07, 6.45) is 9.78. The number of azo groups is 1. The van der Waals surface area contributed by atoms with E-state index in [9.17, 15) is 10.1 Å². The van der Waals surface area contributed by atoms with Crippen molar-refractivity contribution >= 4 is 23.1 Å². The first-order valence-electron chi connectivity index (χ1n) is 10.1. The molecule has 0 aromatic heterocycles. The molecule has 2 aromatic carbocycles. The Hall–Kier alpha value is -4.26. The fraction of sp³-hybridized carbons (Fsp3) is 0.120. The van der Waals surface area contributed by atoms with Crippen molar-refractivity contribution in [1.82, 2.24) is 0 Å². The lowest BCUT2D eigenvalue weighted by Gasteiger charge is -2.21. The molecule has 7 nitrogen and oxygen atoms in total. The molecule has 2 N–H and O–H groups in total. The van der Waals surface area contributed by atoms with Gasteiger partial charge in [-0.25, -0.2) is 0 Å². The van der Waals surface area contributed by atoms with Crippen molar-refractivity contribution in [1.29, 1.82) is 0 Å². The van der Waals surface area contributed by atoms with Gasteiger partial charge in [0.15, 0.2) is 0 Å². The van der Waals surface area contributed by atoms with E-state index in [2.05, 4.69) is 28.3 Å². The van der Waals surface area contributed by atoms with Gasteiger partial charge in [-0.1, -0.05) is 12.2 Å². The number of nitrogens with zero attached hydrogens (tertiary/aromatic N) is 4. The Kier molecular flexibility index (Phi) is 7.48. The number of anilines is 1. The lowest BCUT2D eigenvalue weighted by Crippen LogP contribution is -2.22. The maximum atomic E-state index is 10.9. The van der Waals surface area contributed by atoms with Gasteiger partial charge in [0.05, 0.1) is 16.3 Å². The number of benzene rings is 2. The zero-order valence-electron chi connectivity index (χ0n) is 17.7. The van der Waals surface area contributed by atoms with E-state index in [1.807, 2.05) is 54.6 Å². The summed E-state index contributed by atoms with van der Waals surface area (Å²) >= 11 is 0. The number of hydrogen-bond donors (Lipinski definition) is 1. The number of hydrogen-bond acceptors (Lipinski definition) is 6. The van der Waals surface area contributed by atoms with Gasteiger partial charge >= 0.3 is 0 Å². The summed E-state index contributed by atoms with van der Waals surface area (Å²) in [6, 6.07) is 14.1. The van der Waals surface area contributed by atoms with Crippen LogP contribution in [0, 0.1) is 10.1 Å². The van der Waals surface area contributed by atoms with Crippen LogP contribution in [0.4, 0.5) is 17.1 Å². The van der Waals surface area contributed by atoms with Gasteiger partial charge in [0.2, 0.25) is 0 Å². The van der Waals surface area contributed by atoms with Crippen molar-refractivity contribution < 1.29 is 4.92 Å². The molecule has 0 saturated carbocycles. The van der Waals surface area contributed by atoms with Crippen molar-refractivity contribution in [3.63, 3.8) is 0 Å². The quantitative estimate of drug-likeness (QED) is 0.227. The zero-order chi connectivity index (χ0) is 22.9. The zero-order valence-corrected chi connectivity index (χ0v) is 17.7. The van der Waals surface area contributed by atoms with Crippen LogP contribution in [0.5, 0.6) is 0 Å². The number of nitro groups is 1. The summed E-state index contributed by atoms with van der Waals surface area (Å²) < 4.78 is 0. The van der Waals surface area contributed by atoms with Crippen molar-refractivity contribution in [2.24, 2.45) is 16.0 Å². The van der Waals surface area contributed by atoms with Gasteiger partial charge in [-0.15, -0.1) is 13.2 Å². The number of nitro benzene ring substituents is 1. The second-order valence-electron chi connectivity index (χ2n) is 7.19. The Morgan fingerprint density at radius 3 is 2.25 bits per heavy atom. The molecule has 2 aromatic rings. The van der Waals surface area contributed by atoms with Crippen LogP contribution in [0.15, 0.2) is 113 Å². The first-order chi connectivity index (χ1) is 15.5. The fourth-order valence-corrected chi connectivity index (χ4v) is 3.22. The van der Waals surface area contributed by atoms with Gasteiger partial charge in [-0.05, 0) is 65.8 Å². The Morgan fingerprint density at radius 1 is 1.00 bits per heavy atom. The van der Waals surface area contributed by atoms with Gasteiger partial charge < -0.3 is 10.6 Å². The third kappa shape index (κ3) is 5.89. The highest BCUT2D eigenvalue weighted by Crippen LogP contribution is 2.28. The summed E-state index contributed by atoms with van der Waals surface area (Å²) in [4.78, 5) is 12.6. The standard InChI is InChI=1S/C25H25N5O2/c1-3-15-29(16-4-2)23-12-8-22(9-13-23)27-28-25-14-7-21(26)18-20(25)17-19-5-10-24(11-6-19)30(31)32/h3-14,17H,1-2,15-16,18,26H2. The van der Waals surface area contributed by atoms with Crippen LogP contribution in [0.1, 0.15) is 12.0 Å². The lowest BCUT2D eigenvalue weighted by molar-refractivity contribution is -0.384. The number of allylic oxidation sites excluding steroid dienone is 4. The van der Waals surface area contributed by atoms with Crippen LogP contribution in [0.3, 0.4) is 0 Å². The molecule has 0 fully saturated rings. The first kappa shape index (κ1) is 22.4. The topological polar surface area (TPSA) is 97.1 Å². The SMILES string of the molecule is C=CCN(CC=C)c1ccc(N=NC2=CC=C(N)CC2=Cc2ccc([N+](=O)[O-])cc2)cc1. The molecule has 0 spiro atoms. The molecule has 0 saturated heterocycles. The smallest absolute Gasteiger partial charge is 0.269 e. The molecule has 0 unspecified atom stereocenters. The molecule has 1 aliphatic carbocycles. The second kappa shape index (κ2) is 10.7. The van der Waals surface area contributed by atoms with E-state index in [1.54, 1.807) is 12.1 Å². The molecule has 32 heavy (non-hydrogen) atoms. The summed E-state index contributed by atoms with van der Waals surface area (Å²) in [5.74, 6) is 0. The van der Waals surface area contributed by atoms with E-state index >= 15 is 0 Å². The number of rotatable bonds is 9. The molecular formula is C25H25N5O2. The van der Waals surface area contributed by atoms with Crippen molar-refractivity contribution in [3.05, 3.63) is 119 Å². The van der Waals surface area contributed by atoms with E-state index in [-0.39, 0.29) is 5.69 Å². The average molecular weight is 428 g/mol. The molecule has 3 rings (SSSR count). The molecule has 1 aliphatic rings. The predicted molar refractivity (Wildman–Crippen MR) is 130 cm³/mol. The predicted octanol–water partition coefficient (Wildman–Crippen LogP) is 6.07. The molecular weight excluding hydrogens is 402 g/mol. The summed E-state index contributed by atoms with van der Waals surface area (Å²) in [7, 11) is 0. The van der Waals surface area contributed by atoms with Gasteiger partial charge in [0, 0.05) is 43.0 Å². The van der Waals surface area contributed by atoms with Gasteiger partial charge in [0.1, 0.15) is 0 Å². The van der Waals surface area contributed by atoms with Crippen molar-refractivity contribution in [2.45, 2.75) is 6.42 Å². The highest BCUT2D eigenvalue weighted by atomic mass is 16.6. The second-order valence-corrected chi connectivity index (χ2v) is 7.19. The molecule has 0 bridgehead atoms. The monoisotopic (exact) mass is 427 g/mol. The minimum Gasteiger partial charge on any atom is -0.402 e. The average Bonchev–Trinajstić information content (AvgIpc) is 2.79. The third-order valence-corrected chi connectivity index (χ3v) is 4.81. The van der Waals surface area contributed by atoms with E-state index < -0.39 is 4.92 Å². The first-order valence-corrected chi connectivity index (χ1v) is 10.1. The van der Waals surface area contributed by atoms with Crippen molar-refractivity contribution in [2.75, 3.05) is 18.0 Å². The molecule has 0 radical (unpaired) electrons. The van der Waals surface area contributed by atoms with Crippen LogP contribution >= 0.6 is 0 Å². The minimum atomic E-state index is -0.420. The Morgan fingerprint density at radius 2 is 1.66 bits per heavy atom. The van der Waals surface area contributed by atoms with E-state index in [0.29, 0.717) is 17.8 Å². The van der Waals surface area contributed by atoms with E-state index in [1.165, 1.54) is 12.1 Å². The number of nitrogens with two attached hydrogens (primary N) is 1. The van der Waals surface area contributed by atoms with Gasteiger partial charge in [-0.3, -0.25) is 10.1 Å². The Labute approximate surface area is 187 Å². The van der Waals surface area contributed by atoms with E-state index in [4.69, 9.17) is 5.73 Å². The number of non-ortho nitro benzene ring substituents is 1. The van der Waals surface area contributed by atoms with Gasteiger partial charge in [-0.2, -0.15) is 10.2 Å². The molecule has 0 heterocycles. The maximum Gasteiger partial charge on any atom is 0.269 e. The van der Waals surface area contributed by atoms with Crippen LogP contribution in [0.2, 0.25) is 0 Å². The largest absolute Gasteiger partial charge is 0.402 e. The van der Waals surface area contributed by atoms with Crippen LogP contribution in [0.25, 0.3) is 6.08 Å². The Bertz CT molecular complexity index is 1100. The maximum absolute atomic E-state index is 10.9. The van der Waals surface area contributed by atoms with Crippen molar-refractivity contribution in [3.8, 4) is 0 Å². The van der Waals surface area contributed by atoms with E-state index in [0.717, 1.165) is 35.6 Å². The minimum absolute atomic E-state index is 0.0499. The summed E-state index contributed by atoms with van der Waals surface area (Å²) in [5, 5.41) is 19.7. The molecule has 0 amide bonds.